The first kappa shape index (κ1) is 22.1. The van der Waals surface area contributed by atoms with Crippen LogP contribution < -0.4 is 15.4 Å². The van der Waals surface area contributed by atoms with E-state index in [2.05, 4.69) is 45.4 Å². The Morgan fingerprint density at radius 2 is 1.39 bits per heavy atom. The van der Waals surface area contributed by atoms with Crippen LogP contribution in [0, 0.1) is 6.92 Å². The normalized spacial score (nSPS) is 17.9. The number of carbonyl (C=O) groups excluding carboxylic acids is 1. The predicted octanol–water partition coefficient (Wildman–Crippen LogP) is 5.11. The summed E-state index contributed by atoms with van der Waals surface area (Å²) in [5, 5.41) is 7.03. The lowest BCUT2D eigenvalue weighted by Crippen LogP contribution is -2.61. The highest BCUT2D eigenvalue weighted by molar-refractivity contribution is 5.74. The topological polar surface area (TPSA) is 50.4 Å². The fourth-order valence-electron chi connectivity index (χ4n) is 3.88. The molecule has 152 valence electrons. The maximum absolute atomic E-state index is 10.5. The van der Waals surface area contributed by atoms with E-state index in [-0.39, 0.29) is 11.1 Å². The van der Waals surface area contributed by atoms with E-state index in [9.17, 15) is 4.79 Å². The minimum Gasteiger partial charge on any atom is -0.457 e. The van der Waals surface area contributed by atoms with Crippen LogP contribution in [0.3, 0.4) is 0 Å². The Labute approximate surface area is 169 Å². The molecule has 1 saturated heterocycles. The summed E-state index contributed by atoms with van der Waals surface area (Å²) < 4.78 is 5.62. The molecule has 1 fully saturated rings. The van der Waals surface area contributed by atoms with Crippen molar-refractivity contribution in [3.63, 3.8) is 0 Å². The van der Waals surface area contributed by atoms with Crippen molar-refractivity contribution in [2.24, 2.45) is 0 Å². The van der Waals surface area contributed by atoms with Gasteiger partial charge in [0, 0.05) is 22.7 Å². The molecule has 1 aliphatic heterocycles. The van der Waals surface area contributed by atoms with E-state index in [0.717, 1.165) is 17.8 Å². The molecule has 2 N–H and O–H groups in total. The number of nitrogens with one attached hydrogen (secondary N) is 2. The highest BCUT2D eigenvalue weighted by Gasteiger charge is 2.36. The van der Waals surface area contributed by atoms with E-state index in [1.165, 1.54) is 18.4 Å². The first-order valence-corrected chi connectivity index (χ1v) is 9.89. The number of benzene rings is 2. The second kappa shape index (κ2) is 9.35. The highest BCUT2D eigenvalue weighted by atomic mass is 16.5. The third kappa shape index (κ3) is 7.10. The molecule has 0 amide bonds. The molecule has 0 aromatic heterocycles. The van der Waals surface area contributed by atoms with E-state index in [1.54, 1.807) is 24.3 Å². The number of ether oxygens (including phenoxy) is 1. The Bertz CT molecular complexity index is 733. The molecule has 0 unspecified atom stereocenters. The molecule has 0 spiro atoms. The number of carbonyl (C=O) groups is 1. The summed E-state index contributed by atoms with van der Waals surface area (Å²) in [6, 6.07) is 15.5. The maximum Gasteiger partial charge on any atom is 0.150 e. The van der Waals surface area contributed by atoms with Gasteiger partial charge in [0.2, 0.25) is 0 Å². The Balaban J connectivity index is 0.000000209. The Morgan fingerprint density at radius 3 is 1.82 bits per heavy atom. The van der Waals surface area contributed by atoms with Gasteiger partial charge < -0.3 is 15.4 Å². The number of hydrogen-bond acceptors (Lipinski definition) is 4. The Hall–Kier alpha value is -2.17. The van der Waals surface area contributed by atoms with Crippen LogP contribution in [0.1, 0.15) is 56.5 Å². The van der Waals surface area contributed by atoms with Crippen LogP contribution in [0.4, 0.5) is 0 Å². The van der Waals surface area contributed by atoms with Gasteiger partial charge in [-0.3, -0.25) is 4.79 Å². The molecule has 0 atom stereocenters. The van der Waals surface area contributed by atoms with Crippen molar-refractivity contribution in [1.82, 2.24) is 10.6 Å². The second-order valence-corrected chi connectivity index (χ2v) is 8.89. The van der Waals surface area contributed by atoms with E-state index >= 15 is 0 Å². The van der Waals surface area contributed by atoms with Gasteiger partial charge in [0.1, 0.15) is 17.8 Å². The third-order valence-electron chi connectivity index (χ3n) is 4.87. The molecular weight excluding hydrogens is 348 g/mol. The average molecular weight is 383 g/mol. The summed E-state index contributed by atoms with van der Waals surface area (Å²) in [5.41, 5.74) is 2.39. The van der Waals surface area contributed by atoms with E-state index in [4.69, 9.17) is 4.74 Å². The van der Waals surface area contributed by atoms with Gasteiger partial charge in [-0.15, -0.1) is 0 Å². The molecule has 4 nitrogen and oxygen atoms in total. The number of rotatable bonds is 4. The van der Waals surface area contributed by atoms with Crippen LogP contribution in [0.25, 0.3) is 0 Å². The number of aryl methyl sites for hydroxylation is 1. The van der Waals surface area contributed by atoms with Crippen molar-refractivity contribution >= 4 is 6.29 Å². The van der Waals surface area contributed by atoms with Crippen molar-refractivity contribution < 1.29 is 9.53 Å². The summed E-state index contributed by atoms with van der Waals surface area (Å²) >= 11 is 0. The monoisotopic (exact) mass is 382 g/mol. The third-order valence-corrected chi connectivity index (χ3v) is 4.87. The van der Waals surface area contributed by atoms with Gasteiger partial charge in [0.15, 0.2) is 0 Å². The molecule has 0 aliphatic carbocycles. The van der Waals surface area contributed by atoms with Crippen LogP contribution in [0.2, 0.25) is 0 Å². The van der Waals surface area contributed by atoms with Gasteiger partial charge in [-0.2, -0.15) is 0 Å². The molecular formula is C24H34N2O2. The molecule has 28 heavy (non-hydrogen) atoms. The Morgan fingerprint density at radius 1 is 0.929 bits per heavy atom. The smallest absolute Gasteiger partial charge is 0.150 e. The fourth-order valence-corrected chi connectivity index (χ4v) is 3.88. The molecule has 1 aliphatic rings. The van der Waals surface area contributed by atoms with Crippen LogP contribution in [-0.4, -0.2) is 30.5 Å². The van der Waals surface area contributed by atoms with Gasteiger partial charge in [-0.05, 0) is 90.9 Å². The SMILES string of the molecule is CNC1CC(C)(C)NC(C)(C)C1.Cc1ccc(Oc2ccc(C=O)cc2)cc1. The van der Waals surface area contributed by atoms with Crippen LogP contribution in [0.15, 0.2) is 48.5 Å². The maximum atomic E-state index is 10.5. The van der Waals surface area contributed by atoms with Crippen LogP contribution in [0.5, 0.6) is 11.5 Å². The number of aldehydes is 1. The van der Waals surface area contributed by atoms with Crippen molar-refractivity contribution in [3.05, 3.63) is 59.7 Å². The minimum atomic E-state index is 0.273. The molecule has 1 heterocycles. The largest absolute Gasteiger partial charge is 0.457 e. The average Bonchev–Trinajstić information content (AvgIpc) is 2.62. The van der Waals surface area contributed by atoms with Crippen molar-refractivity contribution in [2.45, 2.75) is 64.6 Å². The lowest BCUT2D eigenvalue weighted by atomic mass is 9.80. The summed E-state index contributed by atoms with van der Waals surface area (Å²) in [4.78, 5) is 10.5. The summed E-state index contributed by atoms with van der Waals surface area (Å²) in [6.07, 6.45) is 3.25. The van der Waals surface area contributed by atoms with Crippen LogP contribution >= 0.6 is 0 Å². The van der Waals surface area contributed by atoms with E-state index in [1.807, 2.05) is 31.2 Å². The first-order valence-electron chi connectivity index (χ1n) is 9.89. The standard InChI is InChI=1S/C14H12O2.C10H22N2/c1-11-2-6-13(7-3-11)16-14-8-4-12(10-15)5-9-14;1-9(2)6-8(11-5)7-10(3,4)12-9/h2-10H,1H3;8,11-12H,6-7H2,1-5H3. The van der Waals surface area contributed by atoms with Crippen molar-refractivity contribution in [3.8, 4) is 11.5 Å². The predicted molar refractivity (Wildman–Crippen MR) is 116 cm³/mol. The van der Waals surface area contributed by atoms with Gasteiger partial charge in [-0.25, -0.2) is 0 Å². The molecule has 2 aromatic carbocycles. The lowest BCUT2D eigenvalue weighted by molar-refractivity contribution is 0.112. The zero-order valence-electron chi connectivity index (χ0n) is 18.0. The quantitative estimate of drug-likeness (QED) is 0.721. The molecule has 0 saturated carbocycles. The number of hydrogen-bond donors (Lipinski definition) is 2. The molecule has 4 heteroatoms. The van der Waals surface area contributed by atoms with Crippen molar-refractivity contribution in [1.29, 1.82) is 0 Å². The summed E-state index contributed by atoms with van der Waals surface area (Å²) in [6.45, 7) is 11.1. The second-order valence-electron chi connectivity index (χ2n) is 8.89. The van der Waals surface area contributed by atoms with Crippen molar-refractivity contribution in [2.75, 3.05) is 7.05 Å². The Kier molecular flexibility index (Phi) is 7.39. The van der Waals surface area contributed by atoms with Gasteiger partial charge in [0.05, 0.1) is 0 Å². The van der Waals surface area contributed by atoms with Gasteiger partial charge in [0.25, 0.3) is 0 Å². The first-order chi connectivity index (χ1) is 13.1. The zero-order valence-corrected chi connectivity index (χ0v) is 18.0. The summed E-state index contributed by atoms with van der Waals surface area (Å²) in [5.74, 6) is 1.53. The zero-order chi connectivity index (χ0) is 20.8. The van der Waals surface area contributed by atoms with Crippen LogP contribution in [-0.2, 0) is 0 Å². The number of piperidine rings is 1. The van der Waals surface area contributed by atoms with E-state index < -0.39 is 0 Å². The lowest BCUT2D eigenvalue weighted by Gasteiger charge is -2.46. The highest BCUT2D eigenvalue weighted by Crippen LogP contribution is 2.28. The van der Waals surface area contributed by atoms with Gasteiger partial charge in [-0.1, -0.05) is 17.7 Å². The summed E-state index contributed by atoms with van der Waals surface area (Å²) in [7, 11) is 2.06. The molecule has 0 radical (unpaired) electrons. The minimum absolute atomic E-state index is 0.273. The van der Waals surface area contributed by atoms with Gasteiger partial charge >= 0.3 is 0 Å². The molecule has 2 aromatic rings. The molecule has 0 bridgehead atoms. The van der Waals surface area contributed by atoms with E-state index in [0.29, 0.717) is 11.6 Å². The molecule has 3 rings (SSSR count). The fraction of sp³-hybridized carbons (Fsp3) is 0.458.